The van der Waals surface area contributed by atoms with Crippen LogP contribution in [0.3, 0.4) is 0 Å². The number of methoxy groups -OCH3 is 2. The highest BCUT2D eigenvalue weighted by Crippen LogP contribution is 2.32. The van der Waals surface area contributed by atoms with Gasteiger partial charge in [0.15, 0.2) is 0 Å². The molecule has 2 aliphatic heterocycles. The Balaban J connectivity index is 0.000000230. The first kappa shape index (κ1) is 32.2. The summed E-state index contributed by atoms with van der Waals surface area (Å²) in [6.45, 7) is 6.58. The Bertz CT molecular complexity index is 1660. The predicted octanol–water partition coefficient (Wildman–Crippen LogP) is 3.71. The van der Waals surface area contributed by atoms with Gasteiger partial charge >= 0.3 is 32.4 Å². The van der Waals surface area contributed by atoms with E-state index in [9.17, 15) is 26.4 Å². The third-order valence-corrected chi connectivity index (χ3v) is 9.73. The largest absolute Gasteiger partial charge is 0.465 e. The van der Waals surface area contributed by atoms with Crippen LogP contribution in [0.2, 0.25) is 0 Å². The zero-order valence-electron chi connectivity index (χ0n) is 24.5. The summed E-state index contributed by atoms with van der Waals surface area (Å²) in [7, 11) is -1.91. The van der Waals surface area contributed by atoms with Crippen LogP contribution < -0.4 is 0 Å². The van der Waals surface area contributed by atoms with E-state index in [-0.39, 0.29) is 0 Å². The minimum absolute atomic E-state index is 0.349. The summed E-state index contributed by atoms with van der Waals surface area (Å²) < 4.78 is 66.7. The average molecular weight is 617 g/mol. The molecule has 0 atom stereocenters. The third-order valence-electron chi connectivity index (χ3n) is 6.79. The summed E-state index contributed by atoms with van der Waals surface area (Å²) in [6, 6.07) is 13.8. The number of nitrogens with zero attached hydrogens (tertiary/aromatic N) is 4. The van der Waals surface area contributed by atoms with Crippen molar-refractivity contribution in [2.45, 2.75) is 27.7 Å². The molecule has 0 saturated carbocycles. The lowest BCUT2D eigenvalue weighted by atomic mass is 9.95. The van der Waals surface area contributed by atoms with Gasteiger partial charge in [-0.05, 0) is 51.0 Å². The molecule has 0 radical (unpaired) electrons. The summed E-state index contributed by atoms with van der Waals surface area (Å²) in [4.78, 5) is 23.8. The number of hydrogen-bond donors (Lipinski definition) is 0. The fourth-order valence-electron chi connectivity index (χ4n) is 4.50. The first-order valence-electron chi connectivity index (χ1n) is 12.5. The summed E-state index contributed by atoms with van der Waals surface area (Å²) in [5.41, 5.74) is 4.91. The molecule has 2 aromatic carbocycles. The highest BCUT2D eigenvalue weighted by Gasteiger charge is 2.30. The number of hydrogen-bond acceptors (Lipinski definition) is 8. The topological polar surface area (TPSA) is 152 Å². The Morgan fingerprint density at radius 3 is 1.24 bits per heavy atom. The maximum absolute atomic E-state index is 11.9. The van der Waals surface area contributed by atoms with Crippen LogP contribution in [0.25, 0.3) is 11.1 Å². The van der Waals surface area contributed by atoms with Crippen LogP contribution in [0.5, 0.6) is 0 Å². The van der Waals surface area contributed by atoms with E-state index in [2.05, 4.69) is 8.80 Å². The second-order valence-corrected chi connectivity index (χ2v) is 12.5. The van der Waals surface area contributed by atoms with E-state index in [0.29, 0.717) is 56.2 Å². The molecule has 2 aromatic rings. The van der Waals surface area contributed by atoms with Gasteiger partial charge in [0.2, 0.25) is 0 Å². The van der Waals surface area contributed by atoms with Crippen LogP contribution in [0.1, 0.15) is 59.5 Å². The molecule has 2 aliphatic rings. The molecule has 0 unspecified atom stereocenters. The molecule has 0 spiro atoms. The number of carbonyl (C=O) groups excluding carboxylic acids is 2. The van der Waals surface area contributed by atoms with Gasteiger partial charge in [-0.15, -0.1) is 8.80 Å². The number of rotatable bonds is 4. The SMILES string of the molecule is COC(=O)c1ccccc1C1=C(C)N(C)S(=O)(=O)N=C1C.COC(=O)c1ccccc1C1=C(C)N(C)S(=O)(=O)N=C1C. The Hall–Kier alpha value is -4.30. The highest BCUT2D eigenvalue weighted by atomic mass is 32.2. The lowest BCUT2D eigenvalue weighted by Crippen LogP contribution is -2.30. The van der Waals surface area contributed by atoms with Crippen LogP contribution in [-0.4, -0.2) is 77.1 Å². The number of carbonyl (C=O) groups is 2. The second kappa shape index (κ2) is 12.3. The van der Waals surface area contributed by atoms with Crippen LogP contribution in [0.4, 0.5) is 0 Å². The number of esters is 2. The van der Waals surface area contributed by atoms with Gasteiger partial charge in [0.25, 0.3) is 0 Å². The molecular formula is C28H32N4O8S2. The van der Waals surface area contributed by atoms with Gasteiger partial charge < -0.3 is 9.47 Å². The molecule has 0 aliphatic carbocycles. The van der Waals surface area contributed by atoms with Crippen molar-refractivity contribution in [3.63, 3.8) is 0 Å². The van der Waals surface area contributed by atoms with Crippen molar-refractivity contribution in [3.05, 3.63) is 82.2 Å². The average Bonchev–Trinajstić information content (AvgIpc) is 2.94. The monoisotopic (exact) mass is 616 g/mol. The second-order valence-electron chi connectivity index (χ2n) is 9.24. The molecule has 0 amide bonds. The predicted molar refractivity (Wildman–Crippen MR) is 160 cm³/mol. The van der Waals surface area contributed by atoms with Gasteiger partial charge in [0.1, 0.15) is 0 Å². The lowest BCUT2D eigenvalue weighted by Gasteiger charge is -2.26. The molecule has 42 heavy (non-hydrogen) atoms. The third kappa shape index (κ3) is 6.14. The highest BCUT2D eigenvalue weighted by molar-refractivity contribution is 7.88. The molecule has 0 fully saturated rings. The number of ether oxygens (including phenoxy) is 2. The zero-order chi connectivity index (χ0) is 31.6. The van der Waals surface area contributed by atoms with E-state index < -0.39 is 32.4 Å². The Kier molecular flexibility index (Phi) is 9.42. The maximum Gasteiger partial charge on any atom is 0.344 e. The molecule has 0 saturated heterocycles. The minimum atomic E-state index is -3.69. The molecule has 14 heteroatoms. The fourth-order valence-corrected chi connectivity index (χ4v) is 6.50. The van der Waals surface area contributed by atoms with E-state index in [4.69, 9.17) is 9.47 Å². The van der Waals surface area contributed by atoms with Gasteiger partial charge in [-0.3, -0.25) is 8.61 Å². The summed E-state index contributed by atoms with van der Waals surface area (Å²) in [5, 5.41) is 0. The maximum atomic E-state index is 11.9. The van der Waals surface area contributed by atoms with E-state index >= 15 is 0 Å². The van der Waals surface area contributed by atoms with Crippen molar-refractivity contribution in [2.24, 2.45) is 8.80 Å². The van der Waals surface area contributed by atoms with Crippen molar-refractivity contribution in [1.82, 2.24) is 8.61 Å². The number of benzene rings is 2. The number of allylic oxidation sites excluding steroid dienone is 4. The first-order valence-corrected chi connectivity index (χ1v) is 15.3. The molecule has 224 valence electrons. The Morgan fingerprint density at radius 2 is 0.929 bits per heavy atom. The van der Waals surface area contributed by atoms with Gasteiger partial charge in [0, 0.05) is 36.6 Å². The van der Waals surface area contributed by atoms with Gasteiger partial charge in [-0.1, -0.05) is 36.4 Å². The summed E-state index contributed by atoms with van der Waals surface area (Å²) in [6.07, 6.45) is 0. The van der Waals surface area contributed by atoms with E-state index in [1.807, 2.05) is 0 Å². The summed E-state index contributed by atoms with van der Waals surface area (Å²) >= 11 is 0. The van der Waals surface area contributed by atoms with Crippen LogP contribution >= 0.6 is 0 Å². The molecule has 2 heterocycles. The molecule has 12 nitrogen and oxygen atoms in total. The fraction of sp³-hybridized carbons (Fsp3) is 0.286. The van der Waals surface area contributed by atoms with Gasteiger partial charge in [0.05, 0.1) is 36.8 Å². The van der Waals surface area contributed by atoms with Crippen LogP contribution in [0.15, 0.2) is 68.7 Å². The zero-order valence-corrected chi connectivity index (χ0v) is 26.1. The molecule has 0 aromatic heterocycles. The van der Waals surface area contributed by atoms with Crippen molar-refractivity contribution >= 4 is 54.9 Å². The van der Waals surface area contributed by atoms with Crippen molar-refractivity contribution in [3.8, 4) is 0 Å². The smallest absolute Gasteiger partial charge is 0.344 e. The quantitative estimate of drug-likeness (QED) is 0.472. The molecular weight excluding hydrogens is 584 g/mol. The first-order chi connectivity index (χ1) is 19.6. The van der Waals surface area contributed by atoms with E-state index in [1.54, 1.807) is 76.2 Å². The van der Waals surface area contributed by atoms with E-state index in [0.717, 1.165) is 8.61 Å². The normalized spacial score (nSPS) is 17.5. The van der Waals surface area contributed by atoms with Crippen molar-refractivity contribution < 1.29 is 35.9 Å². The van der Waals surface area contributed by atoms with Crippen molar-refractivity contribution in [1.29, 1.82) is 0 Å². The molecule has 0 bridgehead atoms. The van der Waals surface area contributed by atoms with Gasteiger partial charge in [-0.25, -0.2) is 9.59 Å². The Labute approximate surface area is 246 Å². The summed E-state index contributed by atoms with van der Waals surface area (Å²) in [5.74, 6) is -0.954. The van der Waals surface area contributed by atoms with Gasteiger partial charge in [-0.2, -0.15) is 16.8 Å². The van der Waals surface area contributed by atoms with Crippen molar-refractivity contribution in [2.75, 3.05) is 28.3 Å². The standard InChI is InChI=1S/2C14H16N2O4S/c2*1-9-13(10(2)16(3)21(18,19)15-9)11-7-5-6-8-12(11)14(17)20-4/h2*5-8H,1-4H3. The minimum Gasteiger partial charge on any atom is -0.465 e. The molecule has 0 N–H and O–H groups in total. The lowest BCUT2D eigenvalue weighted by molar-refractivity contribution is 0.0591. The Morgan fingerprint density at radius 1 is 0.619 bits per heavy atom. The van der Waals surface area contributed by atoms with E-state index in [1.165, 1.54) is 28.3 Å². The molecule has 4 rings (SSSR count). The van der Waals surface area contributed by atoms with Crippen LogP contribution in [-0.2, 0) is 29.9 Å². The van der Waals surface area contributed by atoms with Crippen LogP contribution in [0, 0.1) is 0 Å².